The average Bonchev–Trinajstić information content (AvgIpc) is 2.69. The Hall–Kier alpha value is -2.77. The molecule has 5 nitrogen and oxygen atoms in total. The zero-order valence-electron chi connectivity index (χ0n) is 14.2. The van der Waals surface area contributed by atoms with E-state index in [2.05, 4.69) is 26.4 Å². The van der Waals surface area contributed by atoms with Crippen molar-refractivity contribution in [1.82, 2.24) is 10.5 Å². The molecule has 0 atom stereocenters. The van der Waals surface area contributed by atoms with Crippen LogP contribution in [-0.2, 0) is 4.84 Å². The number of para-hydroxylation sites is 1. The fourth-order valence-corrected chi connectivity index (χ4v) is 2.70. The Balaban J connectivity index is 1.50. The summed E-state index contributed by atoms with van der Waals surface area (Å²) in [6.07, 6.45) is 1.52. The van der Waals surface area contributed by atoms with Crippen LogP contribution in [0.2, 0.25) is 0 Å². The number of nitrogens with one attached hydrogen (secondary N) is 1. The highest BCUT2D eigenvalue weighted by molar-refractivity contribution is 9.10. The van der Waals surface area contributed by atoms with Crippen molar-refractivity contribution in [3.05, 3.63) is 82.8 Å². The molecule has 0 radical (unpaired) electrons. The maximum absolute atomic E-state index is 13.0. The third kappa shape index (κ3) is 5.35. The lowest BCUT2D eigenvalue weighted by Gasteiger charge is -2.09. The van der Waals surface area contributed by atoms with Gasteiger partial charge in [0.15, 0.2) is 0 Å². The highest BCUT2D eigenvalue weighted by Gasteiger charge is 2.09. The van der Waals surface area contributed by atoms with Crippen molar-refractivity contribution in [1.29, 1.82) is 0 Å². The second kappa shape index (κ2) is 9.25. The zero-order valence-corrected chi connectivity index (χ0v) is 15.8. The molecule has 7 heteroatoms. The van der Waals surface area contributed by atoms with Crippen LogP contribution >= 0.6 is 15.9 Å². The SMILES string of the molecule is O=C(NOCCOc1ccccc1Br)c1cc(-c2ccc(F)cc2)ccn1. The standard InChI is InChI=1S/C20H16BrFN2O3/c21-17-3-1-2-4-19(17)26-11-12-27-24-20(25)18-13-15(9-10-23-18)14-5-7-16(22)8-6-14/h1-10,13H,11-12H2,(H,24,25). The molecule has 0 spiro atoms. The van der Waals surface area contributed by atoms with Gasteiger partial charge in [-0.1, -0.05) is 24.3 Å². The Morgan fingerprint density at radius 3 is 2.59 bits per heavy atom. The van der Waals surface area contributed by atoms with E-state index < -0.39 is 5.91 Å². The summed E-state index contributed by atoms with van der Waals surface area (Å²) >= 11 is 3.38. The Labute approximate surface area is 164 Å². The number of hydrogen-bond acceptors (Lipinski definition) is 4. The first kappa shape index (κ1) is 19.0. The quantitative estimate of drug-likeness (QED) is 0.445. The molecule has 3 rings (SSSR count). The van der Waals surface area contributed by atoms with Crippen molar-refractivity contribution in [2.75, 3.05) is 13.2 Å². The lowest BCUT2D eigenvalue weighted by atomic mass is 10.1. The molecule has 27 heavy (non-hydrogen) atoms. The minimum absolute atomic E-state index is 0.171. The highest BCUT2D eigenvalue weighted by Crippen LogP contribution is 2.23. The molecule has 1 N–H and O–H groups in total. The molecular weight excluding hydrogens is 415 g/mol. The predicted octanol–water partition coefficient (Wildman–Crippen LogP) is 4.39. The van der Waals surface area contributed by atoms with E-state index >= 15 is 0 Å². The maximum Gasteiger partial charge on any atom is 0.293 e. The molecular formula is C20H16BrFN2O3. The van der Waals surface area contributed by atoms with Gasteiger partial charge in [0.1, 0.15) is 30.5 Å². The average molecular weight is 431 g/mol. The van der Waals surface area contributed by atoms with E-state index in [0.29, 0.717) is 5.75 Å². The third-order valence-corrected chi connectivity index (χ3v) is 4.27. The zero-order chi connectivity index (χ0) is 19.1. The number of benzene rings is 2. The fourth-order valence-electron chi connectivity index (χ4n) is 2.30. The smallest absolute Gasteiger partial charge is 0.293 e. The lowest BCUT2D eigenvalue weighted by molar-refractivity contribution is 0.0196. The lowest BCUT2D eigenvalue weighted by Crippen LogP contribution is -2.26. The van der Waals surface area contributed by atoms with Crippen molar-refractivity contribution in [2.24, 2.45) is 0 Å². The van der Waals surface area contributed by atoms with Crippen molar-refractivity contribution in [3.8, 4) is 16.9 Å². The molecule has 0 saturated carbocycles. The fraction of sp³-hybridized carbons (Fsp3) is 0.100. The number of rotatable bonds is 7. The predicted molar refractivity (Wildman–Crippen MR) is 103 cm³/mol. The van der Waals surface area contributed by atoms with E-state index in [-0.39, 0.29) is 24.7 Å². The summed E-state index contributed by atoms with van der Waals surface area (Å²) in [7, 11) is 0. The normalized spacial score (nSPS) is 10.4. The third-order valence-electron chi connectivity index (χ3n) is 3.61. The van der Waals surface area contributed by atoms with Gasteiger partial charge in [-0.2, -0.15) is 0 Å². The maximum atomic E-state index is 13.0. The van der Waals surface area contributed by atoms with Gasteiger partial charge >= 0.3 is 0 Å². The van der Waals surface area contributed by atoms with Crippen molar-refractivity contribution in [3.63, 3.8) is 0 Å². The molecule has 1 aromatic heterocycles. The first-order valence-corrected chi connectivity index (χ1v) is 8.94. The van der Waals surface area contributed by atoms with Gasteiger partial charge in [0, 0.05) is 6.20 Å². The number of aromatic nitrogens is 1. The minimum Gasteiger partial charge on any atom is -0.490 e. The second-order valence-corrected chi connectivity index (χ2v) is 6.35. The minimum atomic E-state index is -0.472. The molecule has 2 aromatic carbocycles. The number of pyridine rings is 1. The van der Waals surface area contributed by atoms with E-state index in [9.17, 15) is 9.18 Å². The second-order valence-electron chi connectivity index (χ2n) is 5.50. The molecule has 3 aromatic rings. The van der Waals surface area contributed by atoms with Gasteiger partial charge in [0.2, 0.25) is 0 Å². The first-order chi connectivity index (χ1) is 13.1. The summed E-state index contributed by atoms with van der Waals surface area (Å²) in [4.78, 5) is 21.3. The number of halogens is 2. The van der Waals surface area contributed by atoms with Gasteiger partial charge in [-0.15, -0.1) is 0 Å². The first-order valence-electron chi connectivity index (χ1n) is 8.15. The number of hydrogen-bond donors (Lipinski definition) is 1. The van der Waals surface area contributed by atoms with Gasteiger partial charge in [-0.25, -0.2) is 9.87 Å². The molecule has 1 amide bonds. The van der Waals surface area contributed by atoms with Crippen molar-refractivity contribution in [2.45, 2.75) is 0 Å². The molecule has 0 unspecified atom stereocenters. The van der Waals surface area contributed by atoms with Crippen LogP contribution in [0.25, 0.3) is 11.1 Å². The monoisotopic (exact) mass is 430 g/mol. The van der Waals surface area contributed by atoms with Crippen LogP contribution in [0, 0.1) is 5.82 Å². The largest absolute Gasteiger partial charge is 0.490 e. The van der Waals surface area contributed by atoms with Crippen molar-refractivity contribution >= 4 is 21.8 Å². The van der Waals surface area contributed by atoms with Crippen LogP contribution in [0.5, 0.6) is 5.75 Å². The van der Waals surface area contributed by atoms with Crippen LogP contribution in [0.15, 0.2) is 71.3 Å². The van der Waals surface area contributed by atoms with Crippen LogP contribution in [0.4, 0.5) is 4.39 Å². The molecule has 0 bridgehead atoms. The van der Waals surface area contributed by atoms with Crippen LogP contribution in [0.3, 0.4) is 0 Å². The van der Waals surface area contributed by atoms with Gasteiger partial charge in [0.25, 0.3) is 5.91 Å². The molecule has 0 aliphatic rings. The Morgan fingerprint density at radius 1 is 1.04 bits per heavy atom. The molecule has 0 aliphatic carbocycles. The van der Waals surface area contributed by atoms with E-state index in [1.807, 2.05) is 24.3 Å². The number of carbonyl (C=O) groups excluding carboxylic acids is 1. The Bertz CT molecular complexity index is 919. The Morgan fingerprint density at radius 2 is 1.81 bits per heavy atom. The molecule has 0 aliphatic heterocycles. The van der Waals surface area contributed by atoms with E-state index in [4.69, 9.17) is 9.57 Å². The summed E-state index contributed by atoms with van der Waals surface area (Å²) in [5.74, 6) is -0.0927. The van der Waals surface area contributed by atoms with Crippen LogP contribution < -0.4 is 10.2 Å². The van der Waals surface area contributed by atoms with Gasteiger partial charge in [0.05, 0.1) is 4.47 Å². The van der Waals surface area contributed by atoms with Crippen molar-refractivity contribution < 1.29 is 18.8 Å². The molecule has 0 fully saturated rings. The van der Waals surface area contributed by atoms with E-state index in [1.54, 1.807) is 24.3 Å². The van der Waals surface area contributed by atoms with E-state index in [1.165, 1.54) is 18.3 Å². The molecule has 0 saturated heterocycles. The van der Waals surface area contributed by atoms with Gasteiger partial charge in [-0.05, 0) is 63.5 Å². The topological polar surface area (TPSA) is 60.5 Å². The number of carbonyl (C=O) groups is 1. The van der Waals surface area contributed by atoms with E-state index in [0.717, 1.165) is 15.6 Å². The summed E-state index contributed by atoms with van der Waals surface area (Å²) in [6.45, 7) is 0.441. The Kier molecular flexibility index (Phi) is 6.51. The summed E-state index contributed by atoms with van der Waals surface area (Å²) in [5.41, 5.74) is 4.08. The highest BCUT2D eigenvalue weighted by atomic mass is 79.9. The number of nitrogens with zero attached hydrogens (tertiary/aromatic N) is 1. The number of amides is 1. The molecule has 1 heterocycles. The summed E-state index contributed by atoms with van der Waals surface area (Å²) in [5, 5.41) is 0. The van der Waals surface area contributed by atoms with Gasteiger partial charge < -0.3 is 4.74 Å². The number of hydroxylamine groups is 1. The summed E-state index contributed by atoms with van der Waals surface area (Å²) in [6, 6.07) is 16.8. The van der Waals surface area contributed by atoms with Crippen LogP contribution in [-0.4, -0.2) is 24.1 Å². The van der Waals surface area contributed by atoms with Gasteiger partial charge in [-0.3, -0.25) is 14.6 Å². The van der Waals surface area contributed by atoms with Crippen LogP contribution in [0.1, 0.15) is 10.5 Å². The molecule has 138 valence electrons. The number of ether oxygens (including phenoxy) is 1. The summed E-state index contributed by atoms with van der Waals surface area (Å²) < 4.78 is 19.4.